The number of nitrogens with zero attached hydrogens (tertiary/aromatic N) is 2. The summed E-state index contributed by atoms with van der Waals surface area (Å²) in [5.41, 5.74) is -0.957. The zero-order valence-electron chi connectivity index (χ0n) is 18.9. The number of nitrogens with one attached hydrogen (secondary N) is 1. The van der Waals surface area contributed by atoms with Gasteiger partial charge in [-0.15, -0.1) is 0 Å². The van der Waals surface area contributed by atoms with Gasteiger partial charge in [-0.25, -0.2) is 9.37 Å². The number of hydrogen-bond donors (Lipinski definition) is 2. The van der Waals surface area contributed by atoms with Crippen molar-refractivity contribution in [1.82, 2.24) is 9.97 Å². The number of alkyl halides is 3. The summed E-state index contributed by atoms with van der Waals surface area (Å²) in [6, 6.07) is 6.51. The summed E-state index contributed by atoms with van der Waals surface area (Å²) < 4.78 is 79.4. The van der Waals surface area contributed by atoms with Gasteiger partial charge in [-0.3, -0.25) is 0 Å². The molecule has 2 aromatic heterocycles. The monoisotopic (exact) mass is 509 g/mol. The molecule has 3 aromatic rings. The lowest BCUT2D eigenvalue weighted by atomic mass is 10.0. The first-order chi connectivity index (χ1) is 17.3. The summed E-state index contributed by atoms with van der Waals surface area (Å²) in [5, 5.41) is 9.89. The lowest BCUT2D eigenvalue weighted by Crippen LogP contribution is -2.36. The Kier molecular flexibility index (Phi) is 5.78. The Morgan fingerprint density at radius 3 is 2.58 bits per heavy atom. The number of ether oxygens (including phenoxy) is 4. The SMILES string of the molecule is O[C@@H]1CO[C@H]2C1OC[C@H]2Oc1cc2nc(-c3ccc(N4CCOCC4)cc3F)c(C(F)(F)F)cc2[nH]1. The summed E-state index contributed by atoms with van der Waals surface area (Å²) in [4.78, 5) is 8.90. The molecular formula is C24H23F4N3O5. The van der Waals surface area contributed by atoms with Gasteiger partial charge in [0.2, 0.25) is 0 Å². The summed E-state index contributed by atoms with van der Waals surface area (Å²) in [5.74, 6) is -0.625. The smallest absolute Gasteiger partial charge is 0.418 e. The van der Waals surface area contributed by atoms with Gasteiger partial charge < -0.3 is 33.9 Å². The number of anilines is 1. The second-order valence-corrected chi connectivity index (χ2v) is 9.03. The molecule has 12 heteroatoms. The molecule has 3 aliphatic rings. The highest BCUT2D eigenvalue weighted by Crippen LogP contribution is 2.40. The van der Waals surface area contributed by atoms with Crippen molar-refractivity contribution in [1.29, 1.82) is 0 Å². The molecule has 3 saturated heterocycles. The predicted molar refractivity (Wildman–Crippen MR) is 119 cm³/mol. The number of pyridine rings is 1. The average molecular weight is 509 g/mol. The van der Waals surface area contributed by atoms with E-state index in [9.17, 15) is 18.3 Å². The minimum Gasteiger partial charge on any atom is -0.470 e. The van der Waals surface area contributed by atoms with Crippen LogP contribution in [0.15, 0.2) is 30.3 Å². The van der Waals surface area contributed by atoms with Crippen LogP contribution in [0, 0.1) is 5.82 Å². The maximum atomic E-state index is 15.1. The Morgan fingerprint density at radius 2 is 1.83 bits per heavy atom. The van der Waals surface area contributed by atoms with Crippen LogP contribution >= 0.6 is 0 Å². The maximum absolute atomic E-state index is 15.1. The largest absolute Gasteiger partial charge is 0.470 e. The second kappa shape index (κ2) is 8.87. The molecule has 1 aromatic carbocycles. The molecule has 0 spiro atoms. The van der Waals surface area contributed by atoms with Crippen molar-refractivity contribution in [2.24, 2.45) is 0 Å². The molecule has 192 valence electrons. The van der Waals surface area contributed by atoms with Crippen molar-refractivity contribution in [2.75, 3.05) is 44.4 Å². The van der Waals surface area contributed by atoms with Gasteiger partial charge in [0.15, 0.2) is 12.0 Å². The first-order valence-corrected chi connectivity index (χ1v) is 11.6. The first-order valence-electron chi connectivity index (χ1n) is 11.6. The highest BCUT2D eigenvalue weighted by Gasteiger charge is 2.48. The lowest BCUT2D eigenvalue weighted by molar-refractivity contribution is -0.137. The Balaban J connectivity index is 1.34. The van der Waals surface area contributed by atoms with E-state index >= 15 is 4.39 Å². The van der Waals surface area contributed by atoms with Gasteiger partial charge >= 0.3 is 6.18 Å². The molecule has 5 heterocycles. The Labute approximate surface area is 202 Å². The number of rotatable bonds is 4. The van der Waals surface area contributed by atoms with Gasteiger partial charge in [-0.05, 0) is 24.3 Å². The Hall–Kier alpha value is -2.93. The number of H-pyrrole nitrogens is 1. The number of fused-ring (bicyclic) bond motifs is 2. The summed E-state index contributed by atoms with van der Waals surface area (Å²) in [6.45, 7) is 2.42. The van der Waals surface area contributed by atoms with E-state index in [4.69, 9.17) is 18.9 Å². The molecule has 0 amide bonds. The second-order valence-electron chi connectivity index (χ2n) is 9.03. The van der Waals surface area contributed by atoms with Gasteiger partial charge in [0, 0.05) is 30.4 Å². The van der Waals surface area contributed by atoms with E-state index in [0.29, 0.717) is 32.0 Å². The topological polar surface area (TPSA) is 89.1 Å². The molecule has 3 fully saturated rings. The minimum absolute atomic E-state index is 0.0919. The maximum Gasteiger partial charge on any atom is 0.418 e. The van der Waals surface area contributed by atoms with Crippen molar-refractivity contribution in [3.05, 3.63) is 41.7 Å². The minimum atomic E-state index is -4.77. The number of aliphatic hydroxyl groups is 1. The van der Waals surface area contributed by atoms with Crippen LogP contribution in [0.1, 0.15) is 5.56 Å². The summed E-state index contributed by atoms with van der Waals surface area (Å²) >= 11 is 0. The fraction of sp³-hybridized carbons (Fsp3) is 0.458. The van der Waals surface area contributed by atoms with Gasteiger partial charge in [0.25, 0.3) is 0 Å². The summed E-state index contributed by atoms with van der Waals surface area (Å²) in [7, 11) is 0. The average Bonchev–Trinajstić information content (AvgIpc) is 3.54. The van der Waals surface area contributed by atoms with E-state index in [1.54, 1.807) is 6.07 Å². The third-order valence-electron chi connectivity index (χ3n) is 6.73. The normalized spacial score (nSPS) is 26.5. The molecule has 0 radical (unpaired) electrons. The van der Waals surface area contributed by atoms with E-state index in [2.05, 4.69) is 9.97 Å². The molecule has 8 nitrogen and oxygen atoms in total. The molecule has 0 aliphatic carbocycles. The Bertz CT molecular complexity index is 1280. The number of aliphatic hydroxyl groups excluding tert-OH is 1. The number of morpholine rings is 1. The van der Waals surface area contributed by atoms with Gasteiger partial charge in [-0.2, -0.15) is 13.2 Å². The third kappa shape index (κ3) is 4.17. The molecule has 36 heavy (non-hydrogen) atoms. The fourth-order valence-corrected chi connectivity index (χ4v) is 4.94. The molecule has 0 bridgehead atoms. The van der Waals surface area contributed by atoms with E-state index in [1.807, 2.05) is 4.90 Å². The quantitative estimate of drug-likeness (QED) is 0.523. The van der Waals surface area contributed by atoms with Gasteiger partial charge in [0.1, 0.15) is 24.1 Å². The highest BCUT2D eigenvalue weighted by molar-refractivity contribution is 5.83. The predicted octanol–water partition coefficient (Wildman–Crippen LogP) is 3.13. The van der Waals surface area contributed by atoms with E-state index in [-0.39, 0.29) is 35.7 Å². The van der Waals surface area contributed by atoms with Gasteiger partial charge in [-0.1, -0.05) is 0 Å². The van der Waals surface area contributed by atoms with Crippen molar-refractivity contribution in [3.8, 4) is 17.1 Å². The molecule has 2 N–H and O–H groups in total. The lowest BCUT2D eigenvalue weighted by Gasteiger charge is -2.29. The van der Waals surface area contributed by atoms with Crippen LogP contribution in [0.4, 0.5) is 23.2 Å². The molecule has 6 rings (SSSR count). The van der Waals surface area contributed by atoms with E-state index < -0.39 is 47.7 Å². The number of benzene rings is 1. The van der Waals surface area contributed by atoms with Crippen LogP contribution < -0.4 is 9.64 Å². The van der Waals surface area contributed by atoms with Crippen molar-refractivity contribution >= 4 is 16.7 Å². The summed E-state index contributed by atoms with van der Waals surface area (Å²) in [6.07, 6.45) is -7.07. The first kappa shape index (κ1) is 23.5. The number of aromatic amines is 1. The van der Waals surface area contributed by atoms with Crippen molar-refractivity contribution < 1.29 is 41.6 Å². The van der Waals surface area contributed by atoms with Crippen molar-refractivity contribution in [2.45, 2.75) is 30.6 Å². The van der Waals surface area contributed by atoms with Crippen molar-refractivity contribution in [3.63, 3.8) is 0 Å². The molecule has 1 unspecified atom stereocenters. The van der Waals surface area contributed by atoms with E-state index in [0.717, 1.165) is 6.07 Å². The van der Waals surface area contributed by atoms with Gasteiger partial charge in [0.05, 0.1) is 48.7 Å². The molecular weight excluding hydrogens is 486 g/mol. The Morgan fingerprint density at radius 1 is 1.06 bits per heavy atom. The zero-order chi connectivity index (χ0) is 25.0. The van der Waals surface area contributed by atoms with Crippen LogP contribution in [0.2, 0.25) is 0 Å². The number of halogens is 4. The van der Waals surface area contributed by atoms with E-state index in [1.165, 1.54) is 18.2 Å². The zero-order valence-corrected chi connectivity index (χ0v) is 18.9. The van der Waals surface area contributed by atoms with Crippen LogP contribution in [0.5, 0.6) is 5.88 Å². The van der Waals surface area contributed by atoms with Crippen LogP contribution in [-0.4, -0.2) is 79.0 Å². The number of hydrogen-bond acceptors (Lipinski definition) is 7. The van der Waals surface area contributed by atoms with Crippen LogP contribution in [-0.2, 0) is 20.4 Å². The van der Waals surface area contributed by atoms with Crippen LogP contribution in [0.25, 0.3) is 22.3 Å². The number of aromatic nitrogens is 2. The fourth-order valence-electron chi connectivity index (χ4n) is 4.94. The molecule has 3 aliphatic heterocycles. The highest BCUT2D eigenvalue weighted by atomic mass is 19.4. The molecule has 0 saturated carbocycles. The third-order valence-corrected chi connectivity index (χ3v) is 6.73. The standard InChI is InChI=1S/C24H23F4N3O5/c25-15-7-12(31-3-5-33-6-4-31)1-2-13(15)21-14(24(26,27)28)8-16-17(30-21)9-20(29-16)36-19-11-35-22-18(32)10-34-23(19)22/h1-2,7-9,18-19,22-23,29,32H,3-6,10-11H2/t18-,19-,22?,23-/m1/s1. The van der Waals surface area contributed by atoms with Crippen LogP contribution in [0.3, 0.4) is 0 Å². The molecule has 4 atom stereocenters.